The second-order valence-corrected chi connectivity index (χ2v) is 8.40. The lowest BCUT2D eigenvalue weighted by atomic mass is 9.76. The SMILES string of the molecule is CCOC(=O)[C@]1(Cc2ccccc2)[NH2+][C@@H](c2ccccc2C)[C@H]2C(=O)N(CC)C(=O)[C@H]21. The quantitative estimate of drug-likeness (QED) is 0.570. The number of nitrogens with two attached hydrogens (primary N) is 1. The van der Waals surface area contributed by atoms with E-state index in [0.717, 1.165) is 16.7 Å². The van der Waals surface area contributed by atoms with Crippen molar-refractivity contribution in [3.63, 3.8) is 0 Å². The van der Waals surface area contributed by atoms with Gasteiger partial charge in [-0.2, -0.15) is 0 Å². The third-order valence-electron chi connectivity index (χ3n) is 6.72. The van der Waals surface area contributed by atoms with Crippen molar-refractivity contribution in [1.29, 1.82) is 0 Å². The van der Waals surface area contributed by atoms with Crippen LogP contribution in [0.2, 0.25) is 0 Å². The molecule has 0 aliphatic carbocycles. The van der Waals surface area contributed by atoms with Crippen LogP contribution in [-0.4, -0.2) is 41.4 Å². The molecule has 2 heterocycles. The van der Waals surface area contributed by atoms with Crippen LogP contribution >= 0.6 is 0 Å². The minimum atomic E-state index is -1.19. The summed E-state index contributed by atoms with van der Waals surface area (Å²) in [5.41, 5.74) is 1.77. The third-order valence-corrected chi connectivity index (χ3v) is 6.72. The Labute approximate surface area is 182 Å². The maximum absolute atomic E-state index is 13.5. The second kappa shape index (κ2) is 8.27. The number of nitrogens with zero attached hydrogens (tertiary/aromatic N) is 1. The number of ether oxygens (including phenoxy) is 1. The smallest absolute Gasteiger partial charge is 0.369 e. The number of imide groups is 1. The molecule has 6 nitrogen and oxygen atoms in total. The number of quaternary nitrogens is 1. The normalized spacial score (nSPS) is 27.5. The molecule has 4 atom stereocenters. The largest absolute Gasteiger partial charge is 0.461 e. The minimum Gasteiger partial charge on any atom is -0.461 e. The third kappa shape index (κ3) is 3.35. The molecule has 2 amide bonds. The standard InChI is InChI=1S/C25H28N2O4/c1-4-27-22(28)19-20(23(27)29)25(24(30)31-5-2,15-17-12-7-6-8-13-17)26-21(19)18-14-10-9-11-16(18)3/h6-14,19-21,26H,4-5,15H2,1-3H3/p+1/t19-,20-,21-,25+/m0/s1. The Morgan fingerprint density at radius 3 is 2.35 bits per heavy atom. The predicted molar refractivity (Wildman–Crippen MR) is 115 cm³/mol. The molecule has 2 aromatic rings. The van der Waals surface area contributed by atoms with Crippen LogP contribution in [-0.2, 0) is 25.5 Å². The van der Waals surface area contributed by atoms with Crippen molar-refractivity contribution in [3.05, 3.63) is 71.3 Å². The van der Waals surface area contributed by atoms with E-state index in [4.69, 9.17) is 4.74 Å². The van der Waals surface area contributed by atoms with E-state index in [2.05, 4.69) is 0 Å². The topological polar surface area (TPSA) is 80.3 Å². The highest BCUT2D eigenvalue weighted by atomic mass is 16.5. The zero-order valence-electron chi connectivity index (χ0n) is 18.2. The van der Waals surface area contributed by atoms with E-state index in [1.54, 1.807) is 13.8 Å². The molecule has 162 valence electrons. The summed E-state index contributed by atoms with van der Waals surface area (Å²) in [6.45, 7) is 6.08. The van der Waals surface area contributed by atoms with E-state index < -0.39 is 23.3 Å². The molecule has 0 saturated carbocycles. The first-order valence-corrected chi connectivity index (χ1v) is 10.9. The average molecular weight is 422 g/mol. The first kappa shape index (κ1) is 21.2. The van der Waals surface area contributed by atoms with Crippen LogP contribution in [0.3, 0.4) is 0 Å². The zero-order valence-corrected chi connectivity index (χ0v) is 18.2. The van der Waals surface area contributed by atoms with Gasteiger partial charge in [0.05, 0.1) is 6.61 Å². The van der Waals surface area contributed by atoms with Crippen LogP contribution in [0.25, 0.3) is 0 Å². The van der Waals surface area contributed by atoms with Crippen molar-refractivity contribution < 1.29 is 24.4 Å². The van der Waals surface area contributed by atoms with E-state index in [-0.39, 0.29) is 24.5 Å². The number of rotatable bonds is 6. The minimum absolute atomic E-state index is 0.193. The van der Waals surface area contributed by atoms with E-state index >= 15 is 0 Å². The second-order valence-electron chi connectivity index (χ2n) is 8.40. The molecule has 2 aromatic carbocycles. The highest BCUT2D eigenvalue weighted by molar-refractivity contribution is 6.08. The van der Waals surface area contributed by atoms with Crippen molar-refractivity contribution >= 4 is 17.8 Å². The monoisotopic (exact) mass is 421 g/mol. The van der Waals surface area contributed by atoms with Gasteiger partial charge < -0.3 is 10.1 Å². The molecule has 0 spiro atoms. The summed E-state index contributed by atoms with van der Waals surface area (Å²) in [4.78, 5) is 41.7. The molecule has 2 aliphatic heterocycles. The van der Waals surface area contributed by atoms with Crippen LogP contribution in [0.5, 0.6) is 0 Å². The van der Waals surface area contributed by atoms with Crippen LogP contribution < -0.4 is 5.32 Å². The maximum atomic E-state index is 13.5. The number of amides is 2. The Bertz CT molecular complexity index is 1010. The maximum Gasteiger partial charge on any atom is 0.369 e. The van der Waals surface area contributed by atoms with Crippen LogP contribution in [0.15, 0.2) is 54.6 Å². The number of esters is 1. The van der Waals surface area contributed by atoms with Gasteiger partial charge in [-0.05, 0) is 31.9 Å². The Kier molecular flexibility index (Phi) is 5.67. The molecular formula is C25H29N2O4+. The van der Waals surface area contributed by atoms with Crippen LogP contribution in [0.1, 0.15) is 36.6 Å². The van der Waals surface area contributed by atoms with E-state index in [0.29, 0.717) is 13.0 Å². The Hall–Kier alpha value is -2.99. The number of fused-ring (bicyclic) bond motifs is 1. The molecule has 2 fully saturated rings. The van der Waals surface area contributed by atoms with Crippen LogP contribution in [0.4, 0.5) is 0 Å². The predicted octanol–water partition coefficient (Wildman–Crippen LogP) is 1.78. The lowest BCUT2D eigenvalue weighted by molar-refractivity contribution is -0.734. The highest BCUT2D eigenvalue weighted by Crippen LogP contribution is 2.46. The first-order chi connectivity index (χ1) is 14.9. The van der Waals surface area contributed by atoms with E-state index in [9.17, 15) is 14.4 Å². The van der Waals surface area contributed by atoms with Gasteiger partial charge in [0.15, 0.2) is 0 Å². The summed E-state index contributed by atoms with van der Waals surface area (Å²) in [5, 5.41) is 1.94. The van der Waals surface area contributed by atoms with Crippen molar-refractivity contribution in [1.82, 2.24) is 4.90 Å². The molecule has 0 radical (unpaired) electrons. The molecule has 0 bridgehead atoms. The molecule has 0 aromatic heterocycles. The van der Waals surface area contributed by atoms with Crippen LogP contribution in [0, 0.1) is 18.8 Å². The van der Waals surface area contributed by atoms with Crippen molar-refractivity contribution in [3.8, 4) is 0 Å². The Balaban J connectivity index is 1.89. The van der Waals surface area contributed by atoms with Crippen molar-refractivity contribution in [2.45, 2.75) is 38.8 Å². The number of likely N-dealkylation sites (tertiary alicyclic amines) is 1. The lowest BCUT2D eigenvalue weighted by Gasteiger charge is -2.30. The van der Waals surface area contributed by atoms with Crippen molar-refractivity contribution in [2.75, 3.05) is 13.2 Å². The van der Waals surface area contributed by atoms with E-state index in [1.807, 2.05) is 66.8 Å². The fourth-order valence-corrected chi connectivity index (χ4v) is 5.37. The number of benzene rings is 2. The number of hydrogen-bond acceptors (Lipinski definition) is 4. The summed E-state index contributed by atoms with van der Waals surface area (Å²) in [5.74, 6) is -2.25. The molecular weight excluding hydrogens is 392 g/mol. The summed E-state index contributed by atoms with van der Waals surface area (Å²) in [6, 6.07) is 17.2. The highest BCUT2D eigenvalue weighted by Gasteiger charge is 2.72. The molecule has 0 unspecified atom stereocenters. The Morgan fingerprint density at radius 1 is 1.03 bits per heavy atom. The molecule has 2 saturated heterocycles. The van der Waals surface area contributed by atoms with Gasteiger partial charge in [0, 0.05) is 18.5 Å². The molecule has 2 N–H and O–H groups in total. The number of hydrogen-bond donors (Lipinski definition) is 1. The van der Waals surface area contributed by atoms with Gasteiger partial charge in [0.1, 0.15) is 17.9 Å². The average Bonchev–Trinajstić information content (AvgIpc) is 3.23. The van der Waals surface area contributed by atoms with Gasteiger partial charge >= 0.3 is 5.97 Å². The summed E-state index contributed by atoms with van der Waals surface area (Å²) >= 11 is 0. The molecule has 6 heteroatoms. The Morgan fingerprint density at radius 2 is 1.71 bits per heavy atom. The molecule has 4 rings (SSSR count). The molecule has 2 aliphatic rings. The summed E-state index contributed by atoms with van der Waals surface area (Å²) in [6.07, 6.45) is 0.326. The van der Waals surface area contributed by atoms with Gasteiger partial charge in [0.2, 0.25) is 17.4 Å². The number of carbonyl (C=O) groups is 3. The van der Waals surface area contributed by atoms with Gasteiger partial charge in [0.25, 0.3) is 0 Å². The lowest BCUT2D eigenvalue weighted by Crippen LogP contribution is -2.98. The summed E-state index contributed by atoms with van der Waals surface area (Å²) < 4.78 is 5.52. The van der Waals surface area contributed by atoms with Crippen molar-refractivity contribution in [2.24, 2.45) is 11.8 Å². The number of aryl methyl sites for hydroxylation is 1. The van der Waals surface area contributed by atoms with Gasteiger partial charge in [-0.3, -0.25) is 14.5 Å². The fourth-order valence-electron chi connectivity index (χ4n) is 5.37. The fraction of sp³-hybridized carbons (Fsp3) is 0.400. The molecule has 31 heavy (non-hydrogen) atoms. The first-order valence-electron chi connectivity index (χ1n) is 10.9. The van der Waals surface area contributed by atoms with E-state index in [1.165, 1.54) is 4.90 Å². The number of carbonyl (C=O) groups excluding carboxylic acids is 3. The summed E-state index contributed by atoms with van der Waals surface area (Å²) in [7, 11) is 0. The van der Waals surface area contributed by atoms with Gasteiger partial charge in [-0.1, -0.05) is 54.6 Å². The van der Waals surface area contributed by atoms with Gasteiger partial charge in [-0.15, -0.1) is 0 Å². The zero-order chi connectivity index (χ0) is 22.2. The van der Waals surface area contributed by atoms with Gasteiger partial charge in [-0.25, -0.2) is 4.79 Å².